The second kappa shape index (κ2) is 4.38. The number of rotatable bonds is 3. The van der Waals surface area contributed by atoms with Gasteiger partial charge < -0.3 is 5.32 Å². The van der Waals surface area contributed by atoms with Crippen molar-refractivity contribution in [1.82, 2.24) is 10.2 Å². The predicted octanol–water partition coefficient (Wildman–Crippen LogP) is 1.42. The highest BCUT2D eigenvalue weighted by molar-refractivity contribution is 4.80. The standard InChI is InChI=1S/C10H21FN2/c1-10(2,11)8-13(3)9-5-4-6-12-7-9/h9,12H,4-8H2,1-3H3. The molecule has 78 valence electrons. The van der Waals surface area contributed by atoms with Crippen LogP contribution >= 0.6 is 0 Å². The van der Waals surface area contributed by atoms with Crippen LogP contribution in [0.3, 0.4) is 0 Å². The molecule has 1 rings (SSSR count). The van der Waals surface area contributed by atoms with Crippen LogP contribution < -0.4 is 5.32 Å². The molecule has 0 bridgehead atoms. The van der Waals surface area contributed by atoms with Crippen molar-refractivity contribution in [1.29, 1.82) is 0 Å². The summed E-state index contributed by atoms with van der Waals surface area (Å²) in [4.78, 5) is 2.13. The molecule has 13 heavy (non-hydrogen) atoms. The minimum atomic E-state index is -1.08. The Morgan fingerprint density at radius 2 is 2.23 bits per heavy atom. The monoisotopic (exact) mass is 188 g/mol. The van der Waals surface area contributed by atoms with Crippen molar-refractivity contribution in [2.24, 2.45) is 0 Å². The first-order chi connectivity index (χ1) is 5.99. The van der Waals surface area contributed by atoms with Crippen molar-refractivity contribution in [3.63, 3.8) is 0 Å². The largest absolute Gasteiger partial charge is 0.315 e. The van der Waals surface area contributed by atoms with Gasteiger partial charge in [0.15, 0.2) is 0 Å². The fourth-order valence-corrected chi connectivity index (χ4v) is 1.93. The number of nitrogens with zero attached hydrogens (tertiary/aromatic N) is 1. The molecule has 0 aromatic heterocycles. The number of hydrogen-bond donors (Lipinski definition) is 1. The van der Waals surface area contributed by atoms with Gasteiger partial charge in [0.2, 0.25) is 0 Å². The van der Waals surface area contributed by atoms with Crippen molar-refractivity contribution in [2.45, 2.75) is 38.4 Å². The maximum Gasteiger partial charge on any atom is 0.118 e. The van der Waals surface area contributed by atoms with Gasteiger partial charge in [0, 0.05) is 19.1 Å². The Bertz CT molecular complexity index is 147. The fraction of sp³-hybridized carbons (Fsp3) is 1.00. The molecule has 0 radical (unpaired) electrons. The zero-order valence-electron chi connectivity index (χ0n) is 8.94. The molecular formula is C10H21FN2. The smallest absolute Gasteiger partial charge is 0.118 e. The van der Waals surface area contributed by atoms with Gasteiger partial charge in [-0.05, 0) is 40.3 Å². The maximum absolute atomic E-state index is 13.3. The van der Waals surface area contributed by atoms with Crippen LogP contribution in [0.1, 0.15) is 26.7 Å². The van der Waals surface area contributed by atoms with Crippen LogP contribution in [0.4, 0.5) is 4.39 Å². The highest BCUT2D eigenvalue weighted by Crippen LogP contribution is 2.14. The third-order valence-electron chi connectivity index (χ3n) is 2.52. The summed E-state index contributed by atoms with van der Waals surface area (Å²) in [5, 5.41) is 3.34. The van der Waals surface area contributed by atoms with Gasteiger partial charge >= 0.3 is 0 Å². The summed E-state index contributed by atoms with van der Waals surface area (Å²) in [6, 6.07) is 0.517. The van der Waals surface area contributed by atoms with E-state index in [-0.39, 0.29) is 0 Å². The molecule has 1 unspecified atom stereocenters. The lowest BCUT2D eigenvalue weighted by Gasteiger charge is -2.34. The molecular weight excluding hydrogens is 167 g/mol. The molecule has 1 aliphatic heterocycles. The summed E-state index contributed by atoms with van der Waals surface area (Å²) in [6.07, 6.45) is 2.40. The van der Waals surface area contributed by atoms with Crippen LogP contribution in [0.15, 0.2) is 0 Å². The first kappa shape index (κ1) is 10.9. The molecule has 2 nitrogen and oxygen atoms in total. The van der Waals surface area contributed by atoms with Crippen LogP contribution in [0.5, 0.6) is 0 Å². The second-order valence-corrected chi connectivity index (χ2v) is 4.63. The van der Waals surface area contributed by atoms with E-state index in [2.05, 4.69) is 10.2 Å². The average molecular weight is 188 g/mol. The number of piperidine rings is 1. The minimum Gasteiger partial charge on any atom is -0.315 e. The van der Waals surface area contributed by atoms with Crippen LogP contribution in [-0.2, 0) is 0 Å². The molecule has 3 heteroatoms. The van der Waals surface area contributed by atoms with E-state index in [1.54, 1.807) is 13.8 Å². The van der Waals surface area contributed by atoms with E-state index < -0.39 is 5.67 Å². The zero-order valence-corrected chi connectivity index (χ0v) is 8.94. The Hall–Kier alpha value is -0.150. The van der Waals surface area contributed by atoms with Crippen LogP contribution in [0, 0.1) is 0 Å². The molecule has 0 aromatic rings. The Labute approximate surface area is 80.5 Å². The zero-order chi connectivity index (χ0) is 9.90. The molecule has 1 aliphatic rings. The highest BCUT2D eigenvalue weighted by Gasteiger charge is 2.24. The van der Waals surface area contributed by atoms with Crippen molar-refractivity contribution in [3.8, 4) is 0 Å². The summed E-state index contributed by atoms with van der Waals surface area (Å²) >= 11 is 0. The lowest BCUT2D eigenvalue weighted by Crippen LogP contribution is -2.47. The molecule has 0 aliphatic carbocycles. The van der Waals surface area contributed by atoms with E-state index in [9.17, 15) is 4.39 Å². The quantitative estimate of drug-likeness (QED) is 0.720. The predicted molar refractivity (Wildman–Crippen MR) is 53.7 cm³/mol. The third kappa shape index (κ3) is 4.05. The summed E-state index contributed by atoms with van der Waals surface area (Å²) in [7, 11) is 2.01. The molecule has 1 heterocycles. The fourth-order valence-electron chi connectivity index (χ4n) is 1.93. The summed E-state index contributed by atoms with van der Waals surface area (Å²) in [5.74, 6) is 0. The Morgan fingerprint density at radius 1 is 1.54 bits per heavy atom. The molecule has 0 spiro atoms. The van der Waals surface area contributed by atoms with Gasteiger partial charge in [-0.25, -0.2) is 4.39 Å². The number of hydrogen-bond acceptors (Lipinski definition) is 2. The summed E-state index contributed by atoms with van der Waals surface area (Å²) < 4.78 is 13.3. The van der Waals surface area contributed by atoms with Crippen LogP contribution in [0.2, 0.25) is 0 Å². The van der Waals surface area contributed by atoms with Gasteiger partial charge in [0.05, 0.1) is 0 Å². The lowest BCUT2D eigenvalue weighted by molar-refractivity contribution is 0.103. The number of halogens is 1. The van der Waals surface area contributed by atoms with Gasteiger partial charge in [-0.2, -0.15) is 0 Å². The second-order valence-electron chi connectivity index (χ2n) is 4.63. The number of nitrogens with one attached hydrogen (secondary N) is 1. The number of likely N-dealkylation sites (N-methyl/N-ethyl adjacent to an activating group) is 1. The molecule has 0 saturated carbocycles. The van der Waals surface area contributed by atoms with E-state index in [1.807, 2.05) is 7.05 Å². The SMILES string of the molecule is CN(CC(C)(C)F)C1CCCNC1. The highest BCUT2D eigenvalue weighted by atomic mass is 19.1. The summed E-state index contributed by atoms with van der Waals surface area (Å²) in [5.41, 5.74) is -1.08. The summed E-state index contributed by atoms with van der Waals surface area (Å²) in [6.45, 7) is 5.93. The van der Waals surface area contributed by atoms with Crippen molar-refractivity contribution < 1.29 is 4.39 Å². The Kier molecular flexibility index (Phi) is 3.68. The van der Waals surface area contributed by atoms with E-state index in [0.29, 0.717) is 12.6 Å². The molecule has 1 fully saturated rings. The minimum absolute atomic E-state index is 0.517. The van der Waals surface area contributed by atoms with E-state index in [1.165, 1.54) is 12.8 Å². The molecule has 0 amide bonds. The van der Waals surface area contributed by atoms with Gasteiger partial charge in [-0.3, -0.25) is 4.90 Å². The van der Waals surface area contributed by atoms with Gasteiger partial charge in [-0.15, -0.1) is 0 Å². The first-order valence-electron chi connectivity index (χ1n) is 5.09. The molecule has 1 N–H and O–H groups in total. The van der Waals surface area contributed by atoms with E-state index >= 15 is 0 Å². The Morgan fingerprint density at radius 3 is 2.69 bits per heavy atom. The first-order valence-corrected chi connectivity index (χ1v) is 5.09. The van der Waals surface area contributed by atoms with Crippen molar-refractivity contribution >= 4 is 0 Å². The van der Waals surface area contributed by atoms with Gasteiger partial charge in [-0.1, -0.05) is 0 Å². The molecule has 1 atom stereocenters. The number of alkyl halides is 1. The topological polar surface area (TPSA) is 15.3 Å². The molecule has 0 aromatic carbocycles. The molecule has 1 saturated heterocycles. The maximum atomic E-state index is 13.3. The van der Waals surface area contributed by atoms with Gasteiger partial charge in [0.25, 0.3) is 0 Å². The van der Waals surface area contributed by atoms with Crippen molar-refractivity contribution in [3.05, 3.63) is 0 Å². The van der Waals surface area contributed by atoms with Crippen LogP contribution in [0.25, 0.3) is 0 Å². The Balaban J connectivity index is 2.33. The van der Waals surface area contributed by atoms with E-state index in [0.717, 1.165) is 13.1 Å². The normalized spacial score (nSPS) is 25.2. The van der Waals surface area contributed by atoms with Gasteiger partial charge in [0.1, 0.15) is 5.67 Å². The van der Waals surface area contributed by atoms with E-state index in [4.69, 9.17) is 0 Å². The van der Waals surface area contributed by atoms with Crippen molar-refractivity contribution in [2.75, 3.05) is 26.7 Å². The van der Waals surface area contributed by atoms with Crippen LogP contribution in [-0.4, -0.2) is 43.3 Å². The third-order valence-corrected chi connectivity index (χ3v) is 2.52. The lowest BCUT2D eigenvalue weighted by atomic mass is 10.0. The average Bonchev–Trinajstić information content (AvgIpc) is 2.03.